The fourth-order valence-corrected chi connectivity index (χ4v) is 3.93. The lowest BCUT2D eigenvalue weighted by Gasteiger charge is -2.16. The fourth-order valence-electron chi connectivity index (χ4n) is 3.93. The number of anilines is 1. The number of rotatable bonds is 1. The summed E-state index contributed by atoms with van der Waals surface area (Å²) in [6.07, 6.45) is 0. The number of nitrogens with two attached hydrogens (primary N) is 1. The molecule has 5 aromatic rings. The van der Waals surface area contributed by atoms with Gasteiger partial charge in [0.15, 0.2) is 0 Å². The van der Waals surface area contributed by atoms with Gasteiger partial charge < -0.3 is 5.73 Å². The molecule has 0 aliphatic heterocycles. The van der Waals surface area contributed by atoms with E-state index in [-0.39, 0.29) is 0 Å². The van der Waals surface area contributed by atoms with Crippen molar-refractivity contribution in [2.24, 2.45) is 0 Å². The monoisotopic (exact) mass is 319 g/mol. The third-order valence-corrected chi connectivity index (χ3v) is 5.00. The van der Waals surface area contributed by atoms with Crippen molar-refractivity contribution < 1.29 is 0 Å². The first-order valence-corrected chi connectivity index (χ1v) is 8.51. The van der Waals surface area contributed by atoms with Gasteiger partial charge in [0.1, 0.15) is 0 Å². The molecule has 0 radical (unpaired) electrons. The third-order valence-electron chi connectivity index (χ3n) is 5.00. The maximum Gasteiger partial charge on any atom is 0.0400 e. The van der Waals surface area contributed by atoms with Crippen molar-refractivity contribution >= 4 is 38.0 Å². The summed E-state index contributed by atoms with van der Waals surface area (Å²) < 4.78 is 0. The van der Waals surface area contributed by atoms with E-state index in [0.717, 1.165) is 16.8 Å². The topological polar surface area (TPSA) is 26.0 Å². The van der Waals surface area contributed by atoms with Crippen LogP contribution in [-0.2, 0) is 0 Å². The molecule has 0 spiro atoms. The highest BCUT2D eigenvalue weighted by Gasteiger charge is 2.14. The average Bonchev–Trinajstić information content (AvgIpc) is 2.68. The molecule has 1 heteroatoms. The van der Waals surface area contributed by atoms with Crippen LogP contribution in [0.1, 0.15) is 0 Å². The molecule has 0 unspecified atom stereocenters. The SMILES string of the molecule is Nc1ccc2c3ccccc3c3ccccc3c2c1-c1ccccc1. The standard InChI is InChI=1S/C24H17N/c25-22-15-14-21-19-12-5-4-10-17(19)18-11-6-7-13-20(18)24(21)23(22)16-8-2-1-3-9-16/h1-15H,25H2. The normalized spacial score (nSPS) is 11.4. The van der Waals surface area contributed by atoms with Crippen LogP contribution in [0.4, 0.5) is 5.69 Å². The van der Waals surface area contributed by atoms with Crippen molar-refractivity contribution in [1.29, 1.82) is 0 Å². The molecule has 0 fully saturated rings. The Balaban J connectivity index is 2.12. The van der Waals surface area contributed by atoms with E-state index in [2.05, 4.69) is 78.9 Å². The minimum Gasteiger partial charge on any atom is -0.398 e. The number of benzene rings is 5. The van der Waals surface area contributed by atoms with Gasteiger partial charge in [-0.3, -0.25) is 0 Å². The lowest BCUT2D eigenvalue weighted by Crippen LogP contribution is -1.93. The van der Waals surface area contributed by atoms with Gasteiger partial charge in [-0.05, 0) is 38.6 Å². The van der Waals surface area contributed by atoms with Crippen molar-refractivity contribution in [3.8, 4) is 11.1 Å². The predicted octanol–water partition coefficient (Wildman–Crippen LogP) is 6.40. The molecule has 25 heavy (non-hydrogen) atoms. The molecule has 0 saturated heterocycles. The number of hydrogen-bond donors (Lipinski definition) is 1. The Hall–Kier alpha value is -3.32. The van der Waals surface area contributed by atoms with E-state index in [1.807, 2.05) is 12.1 Å². The highest BCUT2D eigenvalue weighted by atomic mass is 14.6. The molecule has 1 nitrogen and oxygen atoms in total. The molecule has 0 atom stereocenters. The van der Waals surface area contributed by atoms with Gasteiger partial charge in [-0.1, -0.05) is 84.9 Å². The first kappa shape index (κ1) is 14.1. The number of hydrogen-bond acceptors (Lipinski definition) is 1. The lowest BCUT2D eigenvalue weighted by molar-refractivity contribution is 1.65. The third kappa shape index (κ3) is 2.03. The maximum absolute atomic E-state index is 6.45. The van der Waals surface area contributed by atoms with E-state index in [1.54, 1.807) is 0 Å². The zero-order valence-corrected chi connectivity index (χ0v) is 13.7. The Bertz CT molecular complexity index is 1200. The van der Waals surface area contributed by atoms with Gasteiger partial charge in [0.25, 0.3) is 0 Å². The van der Waals surface area contributed by atoms with Crippen LogP contribution in [0.25, 0.3) is 43.4 Å². The van der Waals surface area contributed by atoms with Crippen molar-refractivity contribution in [3.05, 3.63) is 91.0 Å². The van der Waals surface area contributed by atoms with Gasteiger partial charge in [0.2, 0.25) is 0 Å². The highest BCUT2D eigenvalue weighted by Crippen LogP contribution is 2.42. The summed E-state index contributed by atoms with van der Waals surface area (Å²) in [6, 6.07) is 31.9. The van der Waals surface area contributed by atoms with Gasteiger partial charge in [0, 0.05) is 16.6 Å². The Morgan fingerprint density at radius 1 is 0.440 bits per heavy atom. The van der Waals surface area contributed by atoms with Gasteiger partial charge in [-0.15, -0.1) is 0 Å². The molecule has 0 bridgehead atoms. The molecule has 0 heterocycles. The van der Waals surface area contributed by atoms with Gasteiger partial charge in [0.05, 0.1) is 0 Å². The van der Waals surface area contributed by atoms with Crippen molar-refractivity contribution in [3.63, 3.8) is 0 Å². The van der Waals surface area contributed by atoms with E-state index < -0.39 is 0 Å². The molecule has 0 aliphatic rings. The summed E-state index contributed by atoms with van der Waals surface area (Å²) in [4.78, 5) is 0. The molecule has 118 valence electrons. The molecule has 2 N–H and O–H groups in total. The Morgan fingerprint density at radius 3 is 1.56 bits per heavy atom. The smallest absolute Gasteiger partial charge is 0.0400 e. The Kier molecular flexibility index (Phi) is 3.01. The zero-order chi connectivity index (χ0) is 16.8. The molecule has 5 rings (SSSR count). The second kappa shape index (κ2) is 5.35. The highest BCUT2D eigenvalue weighted by molar-refractivity contribution is 6.29. The maximum atomic E-state index is 6.45. The second-order valence-electron chi connectivity index (χ2n) is 6.41. The van der Waals surface area contributed by atoms with Crippen LogP contribution in [0.2, 0.25) is 0 Å². The van der Waals surface area contributed by atoms with Crippen LogP contribution in [0.5, 0.6) is 0 Å². The lowest BCUT2D eigenvalue weighted by atomic mass is 9.89. The number of nitrogen functional groups attached to an aromatic ring is 1. The average molecular weight is 319 g/mol. The molecule has 5 aromatic carbocycles. The van der Waals surface area contributed by atoms with Crippen LogP contribution in [0, 0.1) is 0 Å². The van der Waals surface area contributed by atoms with Crippen LogP contribution >= 0.6 is 0 Å². The van der Waals surface area contributed by atoms with E-state index in [4.69, 9.17) is 5.73 Å². The quantitative estimate of drug-likeness (QED) is 0.281. The predicted molar refractivity (Wildman–Crippen MR) is 109 cm³/mol. The summed E-state index contributed by atoms with van der Waals surface area (Å²) in [5.74, 6) is 0. The Labute approximate surface area is 146 Å². The number of fused-ring (bicyclic) bond motifs is 6. The molecular formula is C24H17N. The molecular weight excluding hydrogens is 302 g/mol. The van der Waals surface area contributed by atoms with E-state index in [9.17, 15) is 0 Å². The van der Waals surface area contributed by atoms with E-state index in [0.29, 0.717) is 0 Å². The van der Waals surface area contributed by atoms with Crippen molar-refractivity contribution in [2.75, 3.05) is 5.73 Å². The van der Waals surface area contributed by atoms with Gasteiger partial charge >= 0.3 is 0 Å². The van der Waals surface area contributed by atoms with Crippen molar-refractivity contribution in [2.45, 2.75) is 0 Å². The fraction of sp³-hybridized carbons (Fsp3) is 0. The van der Waals surface area contributed by atoms with Crippen LogP contribution in [0.15, 0.2) is 91.0 Å². The molecule has 0 amide bonds. The van der Waals surface area contributed by atoms with Gasteiger partial charge in [-0.2, -0.15) is 0 Å². The minimum absolute atomic E-state index is 0.819. The molecule has 0 aliphatic carbocycles. The largest absolute Gasteiger partial charge is 0.398 e. The van der Waals surface area contributed by atoms with Crippen molar-refractivity contribution in [1.82, 2.24) is 0 Å². The molecule has 0 saturated carbocycles. The second-order valence-corrected chi connectivity index (χ2v) is 6.41. The van der Waals surface area contributed by atoms with Gasteiger partial charge in [-0.25, -0.2) is 0 Å². The summed E-state index contributed by atoms with van der Waals surface area (Å²) >= 11 is 0. The van der Waals surface area contributed by atoms with E-state index in [1.165, 1.54) is 32.3 Å². The van der Waals surface area contributed by atoms with E-state index >= 15 is 0 Å². The summed E-state index contributed by atoms with van der Waals surface area (Å²) in [5.41, 5.74) is 9.56. The summed E-state index contributed by atoms with van der Waals surface area (Å²) in [5, 5.41) is 7.57. The minimum atomic E-state index is 0.819. The zero-order valence-electron chi connectivity index (χ0n) is 13.7. The van der Waals surface area contributed by atoms with Crippen LogP contribution in [-0.4, -0.2) is 0 Å². The van der Waals surface area contributed by atoms with Crippen LogP contribution in [0.3, 0.4) is 0 Å². The Morgan fingerprint density at radius 2 is 0.920 bits per heavy atom. The first-order chi connectivity index (χ1) is 12.3. The summed E-state index contributed by atoms with van der Waals surface area (Å²) in [6.45, 7) is 0. The van der Waals surface area contributed by atoms with Crippen LogP contribution < -0.4 is 5.73 Å². The summed E-state index contributed by atoms with van der Waals surface area (Å²) in [7, 11) is 0. The first-order valence-electron chi connectivity index (χ1n) is 8.51. The molecule has 0 aromatic heterocycles.